The fourth-order valence-corrected chi connectivity index (χ4v) is 6.88. The van der Waals surface area contributed by atoms with Crippen molar-refractivity contribution < 1.29 is 23.1 Å². The van der Waals surface area contributed by atoms with Crippen molar-refractivity contribution in [3.63, 3.8) is 0 Å². The number of amides is 1. The first kappa shape index (κ1) is 27.6. The van der Waals surface area contributed by atoms with Crippen LogP contribution in [0.1, 0.15) is 43.7 Å². The van der Waals surface area contributed by atoms with Gasteiger partial charge in [0.15, 0.2) is 0 Å². The van der Waals surface area contributed by atoms with Gasteiger partial charge in [0.25, 0.3) is 0 Å². The van der Waals surface area contributed by atoms with Crippen LogP contribution in [-0.2, 0) is 26.7 Å². The van der Waals surface area contributed by atoms with E-state index in [4.69, 9.17) is 0 Å². The predicted molar refractivity (Wildman–Crippen MR) is 154 cm³/mol. The summed E-state index contributed by atoms with van der Waals surface area (Å²) < 4.78 is 31.4. The highest BCUT2D eigenvalue weighted by molar-refractivity contribution is 7.89. The number of fused-ring (bicyclic) bond motifs is 1. The number of aryl methyl sites for hydroxylation is 1. The molecule has 1 fully saturated rings. The number of carboxylic acids is 1. The first-order chi connectivity index (χ1) is 19.2. The number of nitrogens with one attached hydrogen (secondary N) is 2. The Morgan fingerprint density at radius 1 is 0.925 bits per heavy atom. The molecule has 1 aliphatic carbocycles. The second-order valence-electron chi connectivity index (χ2n) is 10.4. The smallest absolute Gasteiger partial charge is 0.305 e. The number of aromatic nitrogens is 1. The van der Waals surface area contributed by atoms with Crippen LogP contribution >= 0.6 is 0 Å². The average molecular weight is 560 g/mol. The van der Waals surface area contributed by atoms with Crippen molar-refractivity contribution in [3.05, 3.63) is 90.5 Å². The van der Waals surface area contributed by atoms with Crippen molar-refractivity contribution in [1.29, 1.82) is 0 Å². The third kappa shape index (κ3) is 6.11. The van der Waals surface area contributed by atoms with Gasteiger partial charge in [-0.05, 0) is 61.1 Å². The zero-order valence-electron chi connectivity index (χ0n) is 22.3. The minimum atomic E-state index is -3.75. The molecule has 3 aromatic carbocycles. The molecule has 0 radical (unpaired) electrons. The Kier molecular flexibility index (Phi) is 8.04. The Labute approximate surface area is 234 Å². The van der Waals surface area contributed by atoms with Crippen LogP contribution < -0.4 is 10.0 Å². The Morgan fingerprint density at radius 3 is 2.23 bits per heavy atom. The van der Waals surface area contributed by atoms with Gasteiger partial charge in [-0.25, -0.2) is 13.1 Å². The average Bonchev–Trinajstić information content (AvgIpc) is 3.29. The van der Waals surface area contributed by atoms with Gasteiger partial charge in [0.1, 0.15) is 0 Å². The maximum absolute atomic E-state index is 13.3. The molecular weight excluding hydrogens is 526 g/mol. The van der Waals surface area contributed by atoms with Crippen molar-refractivity contribution in [3.8, 4) is 11.3 Å². The van der Waals surface area contributed by atoms with E-state index >= 15 is 0 Å². The van der Waals surface area contributed by atoms with Crippen LogP contribution in [0.2, 0.25) is 0 Å². The summed E-state index contributed by atoms with van der Waals surface area (Å²) in [4.78, 5) is 24.6. The van der Waals surface area contributed by atoms with Gasteiger partial charge < -0.3 is 15.0 Å². The van der Waals surface area contributed by atoms with Crippen molar-refractivity contribution >= 4 is 32.8 Å². The van der Waals surface area contributed by atoms with Crippen molar-refractivity contribution in [1.82, 2.24) is 14.6 Å². The van der Waals surface area contributed by atoms with Crippen LogP contribution in [0, 0.1) is 5.92 Å². The number of rotatable bonds is 9. The Morgan fingerprint density at radius 2 is 1.57 bits per heavy atom. The molecule has 5 rings (SSSR count). The number of hydrogen-bond donors (Lipinski definition) is 3. The Bertz CT molecular complexity index is 1610. The molecule has 1 saturated carbocycles. The second kappa shape index (κ2) is 11.7. The summed E-state index contributed by atoms with van der Waals surface area (Å²) in [5.74, 6) is -1.48. The number of carbonyl (C=O) groups excluding carboxylic acids is 1. The number of sulfonamides is 1. The minimum Gasteiger partial charge on any atom is -0.481 e. The standard InChI is InChI=1S/C31H33N3O5S/c1-34-28-17-16-26(18-24(28)19-29(34)22-10-6-3-7-11-22)40(38,39)33-25-14-12-23(13-15-25)31(37)32-27(20-30(35)36)21-8-4-2-5-9-21/h2-11,16-19,23,25,27,33H,12-15,20H2,1H3,(H,32,37)(H,35,36)/t23?,25?,27-/m1/s1. The molecular formula is C31H33N3O5S. The number of carboxylic acid groups (broad SMARTS) is 1. The van der Waals surface area contributed by atoms with Gasteiger partial charge in [0.05, 0.1) is 17.4 Å². The molecule has 0 saturated heterocycles. The maximum Gasteiger partial charge on any atom is 0.305 e. The quantitative estimate of drug-likeness (QED) is 0.266. The highest BCUT2D eigenvalue weighted by Crippen LogP contribution is 2.30. The number of carbonyl (C=O) groups is 2. The van der Waals surface area contributed by atoms with E-state index < -0.39 is 22.0 Å². The normalized spacial score (nSPS) is 18.3. The van der Waals surface area contributed by atoms with Crippen LogP contribution in [0.3, 0.4) is 0 Å². The number of benzene rings is 3. The molecule has 4 aromatic rings. The fourth-order valence-electron chi connectivity index (χ4n) is 5.54. The monoisotopic (exact) mass is 559 g/mol. The molecule has 1 aliphatic rings. The van der Waals surface area contributed by atoms with E-state index in [1.54, 1.807) is 24.3 Å². The summed E-state index contributed by atoms with van der Waals surface area (Å²) in [6.07, 6.45) is 1.89. The highest BCUT2D eigenvalue weighted by atomic mass is 32.2. The summed E-state index contributed by atoms with van der Waals surface area (Å²) >= 11 is 0. The summed E-state index contributed by atoms with van der Waals surface area (Å²) in [6, 6.07) is 25.3. The van der Waals surface area contributed by atoms with Gasteiger partial charge in [0, 0.05) is 35.6 Å². The third-order valence-corrected chi connectivity index (χ3v) is 9.23. The summed E-state index contributed by atoms with van der Waals surface area (Å²) in [7, 11) is -1.78. The van der Waals surface area contributed by atoms with Gasteiger partial charge in [-0.3, -0.25) is 9.59 Å². The van der Waals surface area contributed by atoms with Crippen LogP contribution in [-0.4, -0.2) is 36.0 Å². The Balaban J connectivity index is 1.22. The van der Waals surface area contributed by atoms with Crippen molar-refractivity contribution in [2.75, 3.05) is 0 Å². The van der Waals surface area contributed by atoms with Crippen LogP contribution in [0.4, 0.5) is 0 Å². The van der Waals surface area contributed by atoms with Crippen LogP contribution in [0.5, 0.6) is 0 Å². The van der Waals surface area contributed by atoms with Crippen LogP contribution in [0.25, 0.3) is 22.2 Å². The molecule has 0 spiro atoms. The number of nitrogens with zero attached hydrogens (tertiary/aromatic N) is 1. The lowest BCUT2D eigenvalue weighted by atomic mass is 9.85. The molecule has 8 nitrogen and oxygen atoms in total. The molecule has 3 N–H and O–H groups in total. The molecule has 1 heterocycles. The summed E-state index contributed by atoms with van der Waals surface area (Å²) in [5.41, 5.74) is 3.75. The zero-order chi connectivity index (χ0) is 28.3. The molecule has 0 unspecified atom stereocenters. The number of hydrogen-bond acceptors (Lipinski definition) is 4. The SMILES string of the molecule is Cn1c(-c2ccccc2)cc2cc(S(=O)(=O)NC3CCC(C(=O)N[C@H](CC(=O)O)c4ccccc4)CC3)ccc21. The highest BCUT2D eigenvalue weighted by Gasteiger charge is 2.31. The van der Waals surface area contributed by atoms with Gasteiger partial charge in [-0.1, -0.05) is 60.7 Å². The first-order valence-electron chi connectivity index (χ1n) is 13.5. The summed E-state index contributed by atoms with van der Waals surface area (Å²) in [5, 5.41) is 13.1. The molecule has 40 heavy (non-hydrogen) atoms. The fraction of sp³-hybridized carbons (Fsp3) is 0.290. The predicted octanol–water partition coefficient (Wildman–Crippen LogP) is 5.01. The van der Waals surface area contributed by atoms with E-state index in [1.165, 1.54) is 0 Å². The lowest BCUT2D eigenvalue weighted by Crippen LogP contribution is -2.41. The Hall–Kier alpha value is -3.95. The molecule has 0 aliphatic heterocycles. The van der Waals surface area contributed by atoms with E-state index in [9.17, 15) is 23.1 Å². The molecule has 0 bridgehead atoms. The first-order valence-corrected chi connectivity index (χ1v) is 14.9. The van der Waals surface area contributed by atoms with Crippen molar-refractivity contribution in [2.24, 2.45) is 13.0 Å². The lowest BCUT2D eigenvalue weighted by molar-refractivity contribution is -0.138. The van der Waals surface area contributed by atoms with E-state index in [0.29, 0.717) is 25.7 Å². The number of aliphatic carboxylic acids is 1. The lowest BCUT2D eigenvalue weighted by Gasteiger charge is -2.29. The molecule has 1 amide bonds. The van der Waals surface area contributed by atoms with Crippen LogP contribution in [0.15, 0.2) is 89.8 Å². The van der Waals surface area contributed by atoms with Gasteiger partial charge >= 0.3 is 5.97 Å². The van der Waals surface area contributed by atoms with Gasteiger partial charge in [0.2, 0.25) is 15.9 Å². The second-order valence-corrected chi connectivity index (χ2v) is 12.1. The van der Waals surface area contributed by atoms with E-state index in [2.05, 4.69) is 14.6 Å². The van der Waals surface area contributed by atoms with E-state index in [0.717, 1.165) is 27.7 Å². The van der Waals surface area contributed by atoms with E-state index in [-0.39, 0.29) is 29.2 Å². The van der Waals surface area contributed by atoms with E-state index in [1.807, 2.05) is 67.7 Å². The van der Waals surface area contributed by atoms with Gasteiger partial charge in [-0.15, -0.1) is 0 Å². The molecule has 1 aromatic heterocycles. The topological polar surface area (TPSA) is 118 Å². The summed E-state index contributed by atoms with van der Waals surface area (Å²) in [6.45, 7) is 0. The zero-order valence-corrected chi connectivity index (χ0v) is 23.1. The largest absolute Gasteiger partial charge is 0.481 e. The maximum atomic E-state index is 13.3. The molecule has 208 valence electrons. The van der Waals surface area contributed by atoms with Gasteiger partial charge in [-0.2, -0.15) is 0 Å². The minimum absolute atomic E-state index is 0.194. The van der Waals surface area contributed by atoms with Crippen molar-refractivity contribution in [2.45, 2.75) is 49.1 Å². The molecule has 1 atom stereocenters. The third-order valence-electron chi connectivity index (χ3n) is 7.71. The molecule has 9 heteroatoms.